The maximum atomic E-state index is 12.4. The molecule has 7 heteroatoms. The van der Waals surface area contributed by atoms with Gasteiger partial charge in [0, 0.05) is 6.04 Å². The van der Waals surface area contributed by atoms with E-state index in [4.69, 9.17) is 0 Å². The number of nitrogens with one attached hydrogen (secondary N) is 2. The van der Waals surface area contributed by atoms with Crippen molar-refractivity contribution >= 4 is 23.5 Å². The molecule has 2 heterocycles. The Bertz CT molecular complexity index is 761. The summed E-state index contributed by atoms with van der Waals surface area (Å²) < 4.78 is 1.69. The minimum Gasteiger partial charge on any atom is -0.508 e. The maximum absolute atomic E-state index is 12.4. The number of phenols is 1. The number of hydrogen-bond acceptors (Lipinski definition) is 4. The van der Waals surface area contributed by atoms with E-state index in [2.05, 4.69) is 10.4 Å². The van der Waals surface area contributed by atoms with E-state index in [0.29, 0.717) is 11.4 Å². The molecule has 0 radical (unpaired) electrons. The number of aromatic hydroxyl groups is 1. The van der Waals surface area contributed by atoms with Gasteiger partial charge in [0.15, 0.2) is 0 Å². The van der Waals surface area contributed by atoms with Gasteiger partial charge in [0.1, 0.15) is 11.6 Å². The molecule has 0 saturated carbocycles. The van der Waals surface area contributed by atoms with Gasteiger partial charge in [-0.25, -0.2) is 0 Å². The summed E-state index contributed by atoms with van der Waals surface area (Å²) in [5, 5.41) is 14.8. The number of fused-ring (bicyclic) bond motifs is 1. The molecule has 0 saturated heterocycles. The first-order valence-electron chi connectivity index (χ1n) is 7.02. The van der Waals surface area contributed by atoms with Gasteiger partial charge in [-0.1, -0.05) is 12.1 Å². The number of thioether (sulfide) groups is 1. The van der Waals surface area contributed by atoms with Crippen molar-refractivity contribution in [2.45, 2.75) is 25.1 Å². The molecule has 0 spiro atoms. The van der Waals surface area contributed by atoms with E-state index in [9.17, 15) is 14.7 Å². The highest BCUT2D eigenvalue weighted by Gasteiger charge is 2.30. The zero-order valence-electron chi connectivity index (χ0n) is 12.3. The number of carbonyl (C=O) groups is 1. The molecule has 1 aliphatic rings. The molecule has 0 unspecified atom stereocenters. The first kappa shape index (κ1) is 14.8. The monoisotopic (exact) mass is 319 g/mol. The highest BCUT2D eigenvalue weighted by atomic mass is 32.2. The molecule has 3 N–H and O–H groups in total. The number of aromatic nitrogens is 2. The number of amides is 1. The van der Waals surface area contributed by atoms with Gasteiger partial charge >= 0.3 is 0 Å². The Morgan fingerprint density at radius 2 is 1.95 bits per heavy atom. The number of carbonyl (C=O) groups excluding carboxylic acids is 1. The van der Waals surface area contributed by atoms with Gasteiger partial charge in [-0.05, 0) is 31.5 Å². The number of rotatable bonds is 2. The molecule has 2 aromatic rings. The van der Waals surface area contributed by atoms with Gasteiger partial charge in [-0.2, -0.15) is 0 Å². The molecule has 1 aromatic carbocycles. The lowest BCUT2D eigenvalue weighted by Gasteiger charge is -2.15. The zero-order valence-corrected chi connectivity index (χ0v) is 13.1. The average Bonchev–Trinajstić information content (AvgIpc) is 2.68. The fourth-order valence-electron chi connectivity index (χ4n) is 2.54. The second-order valence-corrected chi connectivity index (χ2v) is 6.59. The number of H-pyrrole nitrogens is 1. The molecule has 1 aromatic heterocycles. The third-order valence-electron chi connectivity index (χ3n) is 3.58. The van der Waals surface area contributed by atoms with Crippen LogP contribution in [0.5, 0.6) is 5.75 Å². The largest absolute Gasteiger partial charge is 0.508 e. The Labute approximate surface area is 131 Å². The summed E-state index contributed by atoms with van der Waals surface area (Å²) in [4.78, 5) is 24.4. The van der Waals surface area contributed by atoms with Gasteiger partial charge in [0.25, 0.3) is 5.56 Å². The van der Waals surface area contributed by atoms with Crippen LogP contribution in [0.2, 0.25) is 0 Å². The van der Waals surface area contributed by atoms with Crippen molar-refractivity contribution < 1.29 is 9.90 Å². The number of anilines is 1. The van der Waals surface area contributed by atoms with Crippen LogP contribution >= 0.6 is 11.8 Å². The van der Waals surface area contributed by atoms with Crippen molar-refractivity contribution in [2.24, 2.45) is 0 Å². The first-order chi connectivity index (χ1) is 10.5. The van der Waals surface area contributed by atoms with Gasteiger partial charge in [-0.3, -0.25) is 19.4 Å². The highest BCUT2D eigenvalue weighted by molar-refractivity contribution is 8.00. The molecular weight excluding hydrogens is 302 g/mol. The molecule has 3 rings (SSSR count). The van der Waals surface area contributed by atoms with Crippen LogP contribution in [0.1, 0.15) is 36.3 Å². The van der Waals surface area contributed by atoms with Crippen LogP contribution < -0.4 is 10.9 Å². The number of benzene rings is 1. The molecule has 6 nitrogen and oxygen atoms in total. The van der Waals surface area contributed by atoms with Gasteiger partial charge < -0.3 is 10.4 Å². The molecule has 1 atom stereocenters. The Balaban J connectivity index is 2.17. The maximum Gasteiger partial charge on any atom is 0.270 e. The second kappa shape index (κ2) is 5.57. The van der Waals surface area contributed by atoms with E-state index in [1.54, 1.807) is 28.9 Å². The van der Waals surface area contributed by atoms with E-state index in [0.717, 1.165) is 5.56 Å². The standard InChI is InChI=1S/C15H17N3O3S/c1-8(2)18-14-12(15(21)17-18)13(22-7-11(20)16-14)9-3-5-10(19)6-4-9/h3-6,8,13,19H,7H2,1-2H3,(H,16,20)(H,17,21)/t13-/m1/s1. The topological polar surface area (TPSA) is 87.1 Å². The normalized spacial score (nSPS) is 18.0. The quantitative estimate of drug-likeness (QED) is 0.792. The summed E-state index contributed by atoms with van der Waals surface area (Å²) in [6, 6.07) is 6.75. The Hall–Kier alpha value is -2.15. The van der Waals surface area contributed by atoms with Gasteiger partial charge in [0.2, 0.25) is 5.91 Å². The molecular formula is C15H17N3O3S. The number of aromatic amines is 1. The fourth-order valence-corrected chi connectivity index (χ4v) is 3.67. The third kappa shape index (κ3) is 2.52. The van der Waals surface area contributed by atoms with Crippen LogP contribution in [0.25, 0.3) is 0 Å². The first-order valence-corrected chi connectivity index (χ1v) is 8.07. The minimum atomic E-state index is -0.252. The summed E-state index contributed by atoms with van der Waals surface area (Å²) in [5.74, 6) is 0.858. The second-order valence-electron chi connectivity index (χ2n) is 5.50. The molecule has 116 valence electrons. The molecule has 0 fully saturated rings. The highest BCUT2D eigenvalue weighted by Crippen LogP contribution is 2.40. The molecule has 1 amide bonds. The van der Waals surface area contributed by atoms with Crippen LogP contribution in [-0.2, 0) is 4.79 Å². The number of phenolic OH excluding ortho intramolecular Hbond substituents is 1. The summed E-state index contributed by atoms with van der Waals surface area (Å²) in [6.45, 7) is 3.88. The van der Waals surface area contributed by atoms with Crippen molar-refractivity contribution in [1.82, 2.24) is 9.78 Å². The van der Waals surface area contributed by atoms with Crippen LogP contribution in [0.15, 0.2) is 29.1 Å². The van der Waals surface area contributed by atoms with Crippen molar-refractivity contribution in [3.05, 3.63) is 45.7 Å². The van der Waals surface area contributed by atoms with Crippen molar-refractivity contribution in [1.29, 1.82) is 0 Å². The average molecular weight is 319 g/mol. The lowest BCUT2D eigenvalue weighted by molar-refractivity contribution is -0.113. The van der Waals surface area contributed by atoms with E-state index in [-0.39, 0.29) is 34.3 Å². The summed E-state index contributed by atoms with van der Waals surface area (Å²) in [5.41, 5.74) is 1.24. The van der Waals surface area contributed by atoms with E-state index in [1.165, 1.54) is 11.8 Å². The van der Waals surface area contributed by atoms with E-state index < -0.39 is 0 Å². The lowest BCUT2D eigenvalue weighted by atomic mass is 10.1. The van der Waals surface area contributed by atoms with Crippen molar-refractivity contribution in [2.75, 3.05) is 11.1 Å². The van der Waals surface area contributed by atoms with Crippen molar-refractivity contribution in [3.63, 3.8) is 0 Å². The van der Waals surface area contributed by atoms with E-state index in [1.807, 2.05) is 13.8 Å². The number of hydrogen-bond donors (Lipinski definition) is 3. The summed E-state index contributed by atoms with van der Waals surface area (Å²) >= 11 is 1.41. The fraction of sp³-hybridized carbons (Fsp3) is 0.333. The Morgan fingerprint density at radius 1 is 1.27 bits per heavy atom. The zero-order chi connectivity index (χ0) is 15.9. The van der Waals surface area contributed by atoms with Crippen LogP contribution in [0.3, 0.4) is 0 Å². The van der Waals surface area contributed by atoms with Gasteiger partial charge in [-0.15, -0.1) is 11.8 Å². The molecule has 1 aliphatic heterocycles. The van der Waals surface area contributed by atoms with Crippen LogP contribution in [-0.4, -0.2) is 26.5 Å². The van der Waals surface area contributed by atoms with Crippen molar-refractivity contribution in [3.8, 4) is 5.75 Å². The lowest BCUT2D eigenvalue weighted by Crippen LogP contribution is -2.17. The van der Waals surface area contributed by atoms with E-state index >= 15 is 0 Å². The Morgan fingerprint density at radius 3 is 2.59 bits per heavy atom. The molecule has 0 bridgehead atoms. The molecule has 22 heavy (non-hydrogen) atoms. The smallest absolute Gasteiger partial charge is 0.270 e. The van der Waals surface area contributed by atoms with Crippen LogP contribution in [0, 0.1) is 0 Å². The summed E-state index contributed by atoms with van der Waals surface area (Å²) in [7, 11) is 0. The summed E-state index contributed by atoms with van der Waals surface area (Å²) in [6.07, 6.45) is 0. The van der Waals surface area contributed by atoms with Gasteiger partial charge in [0.05, 0.1) is 16.6 Å². The predicted octanol–water partition coefficient (Wildman–Crippen LogP) is 2.24. The minimum absolute atomic E-state index is 0.0281. The number of nitrogens with zero attached hydrogens (tertiary/aromatic N) is 1. The SMILES string of the molecule is CC(C)n1[nH]c(=O)c2c1NC(=O)CS[C@@H]2c1ccc(O)cc1. The third-order valence-corrected chi connectivity index (χ3v) is 4.85. The molecule has 0 aliphatic carbocycles. The van der Waals surface area contributed by atoms with Crippen LogP contribution in [0.4, 0.5) is 5.82 Å². The predicted molar refractivity (Wildman–Crippen MR) is 86.5 cm³/mol. The Kier molecular flexibility index (Phi) is 3.74.